The molecular weight excluding hydrogens is 533 g/mol. The van der Waals surface area contributed by atoms with E-state index in [4.69, 9.17) is 21.3 Å². The minimum absolute atomic E-state index is 0.0472. The summed E-state index contributed by atoms with van der Waals surface area (Å²) in [7, 11) is 0. The van der Waals surface area contributed by atoms with Gasteiger partial charge < -0.3 is 4.74 Å². The lowest BCUT2D eigenvalue weighted by atomic mass is 10.00. The number of amides is 2. The maximum Gasteiger partial charge on any atom is 0.262 e. The molecule has 10 heteroatoms. The van der Waals surface area contributed by atoms with Gasteiger partial charge in [-0.05, 0) is 62.7 Å². The minimum atomic E-state index is -0.797. The molecular formula is C30H23ClFN5O3. The lowest BCUT2D eigenvalue weighted by Crippen LogP contribution is -2.33. The van der Waals surface area contributed by atoms with Crippen LogP contribution in [0.2, 0.25) is 5.02 Å². The molecule has 6 rings (SSSR count). The Labute approximate surface area is 234 Å². The monoisotopic (exact) mass is 555 g/mol. The molecule has 1 atom stereocenters. The number of carbonyl (C=O) groups excluding carboxylic acids is 2. The molecule has 3 heterocycles. The third kappa shape index (κ3) is 4.28. The molecule has 5 aromatic rings. The number of benzene rings is 3. The molecule has 0 bridgehead atoms. The van der Waals surface area contributed by atoms with Gasteiger partial charge in [-0.25, -0.2) is 19.0 Å². The van der Waals surface area contributed by atoms with Crippen molar-refractivity contribution in [3.63, 3.8) is 0 Å². The average Bonchev–Trinajstić information content (AvgIpc) is 3.47. The number of para-hydroxylation sites is 1. The number of ether oxygens (including phenoxy) is 1. The van der Waals surface area contributed by atoms with Crippen LogP contribution in [0.3, 0.4) is 0 Å². The van der Waals surface area contributed by atoms with Gasteiger partial charge in [0.1, 0.15) is 35.8 Å². The van der Waals surface area contributed by atoms with Gasteiger partial charge in [-0.1, -0.05) is 35.9 Å². The van der Waals surface area contributed by atoms with Crippen LogP contribution in [0, 0.1) is 19.7 Å². The summed E-state index contributed by atoms with van der Waals surface area (Å²) in [4.78, 5) is 36.3. The molecule has 3 aromatic carbocycles. The second-order valence-corrected chi connectivity index (χ2v) is 10.0. The van der Waals surface area contributed by atoms with Crippen LogP contribution in [-0.4, -0.2) is 36.5 Å². The molecule has 0 saturated carbocycles. The van der Waals surface area contributed by atoms with Gasteiger partial charge in [0.2, 0.25) is 0 Å². The fourth-order valence-corrected chi connectivity index (χ4v) is 5.36. The van der Waals surface area contributed by atoms with Gasteiger partial charge in [0, 0.05) is 16.6 Å². The van der Waals surface area contributed by atoms with E-state index in [9.17, 15) is 14.0 Å². The van der Waals surface area contributed by atoms with Gasteiger partial charge in [-0.2, -0.15) is 5.10 Å². The summed E-state index contributed by atoms with van der Waals surface area (Å²) in [6.07, 6.45) is 1.64. The molecule has 2 aromatic heterocycles. The van der Waals surface area contributed by atoms with Gasteiger partial charge in [0.25, 0.3) is 11.8 Å². The largest absolute Gasteiger partial charge is 0.487 e. The highest BCUT2D eigenvalue weighted by atomic mass is 35.5. The molecule has 0 N–H and O–H groups in total. The summed E-state index contributed by atoms with van der Waals surface area (Å²) < 4.78 is 22.5. The number of carbonyl (C=O) groups is 2. The Kier molecular flexibility index (Phi) is 6.31. The first kappa shape index (κ1) is 25.6. The summed E-state index contributed by atoms with van der Waals surface area (Å²) in [6.45, 7) is 5.32. The minimum Gasteiger partial charge on any atom is -0.487 e. The lowest BCUT2D eigenvalue weighted by Gasteiger charge is -2.26. The molecule has 0 saturated heterocycles. The number of hydrogen-bond donors (Lipinski definition) is 0. The van der Waals surface area contributed by atoms with Gasteiger partial charge in [-0.3, -0.25) is 14.5 Å². The number of fused-ring (bicyclic) bond motifs is 2. The zero-order valence-corrected chi connectivity index (χ0v) is 22.6. The molecule has 8 nitrogen and oxygen atoms in total. The molecule has 2 amide bonds. The maximum atomic E-state index is 14.6. The van der Waals surface area contributed by atoms with Crippen molar-refractivity contribution in [2.75, 3.05) is 0 Å². The van der Waals surface area contributed by atoms with Crippen LogP contribution in [-0.2, 0) is 6.61 Å². The first-order chi connectivity index (χ1) is 19.2. The van der Waals surface area contributed by atoms with Gasteiger partial charge in [-0.15, -0.1) is 0 Å². The lowest BCUT2D eigenvalue weighted by molar-refractivity contribution is 0.0593. The molecule has 1 aliphatic rings. The van der Waals surface area contributed by atoms with Gasteiger partial charge in [0.15, 0.2) is 0 Å². The standard InChI is InChI=1S/C30H23ClFN5O3/c1-16-11-26(36-15-33-18(3)35-36)22-9-6-10-27(28(22)34-16)40-14-24-23(12-19(32)13-25(24)31)17(2)37-29(38)20-7-4-5-8-21(20)30(37)39/h4-13,15,17H,14H2,1-3H3. The predicted octanol–water partition coefficient (Wildman–Crippen LogP) is 6.16. The Bertz CT molecular complexity index is 1800. The van der Waals surface area contributed by atoms with E-state index in [1.54, 1.807) is 48.3 Å². The van der Waals surface area contributed by atoms with E-state index < -0.39 is 23.7 Å². The van der Waals surface area contributed by atoms with Crippen molar-refractivity contribution in [2.45, 2.75) is 33.4 Å². The third-order valence-electron chi connectivity index (χ3n) is 6.99. The number of hydrogen-bond acceptors (Lipinski definition) is 6. The highest BCUT2D eigenvalue weighted by Gasteiger charge is 2.39. The quantitative estimate of drug-likeness (QED) is 0.233. The van der Waals surface area contributed by atoms with Crippen LogP contribution in [0.15, 0.2) is 67.0 Å². The highest BCUT2D eigenvalue weighted by Crippen LogP contribution is 2.36. The molecule has 200 valence electrons. The van der Waals surface area contributed by atoms with Crippen molar-refractivity contribution in [3.8, 4) is 11.4 Å². The van der Waals surface area contributed by atoms with E-state index in [2.05, 4.69) is 10.1 Å². The smallest absolute Gasteiger partial charge is 0.262 e. The summed E-state index contributed by atoms with van der Waals surface area (Å²) in [5, 5.41) is 5.37. The van der Waals surface area contributed by atoms with Gasteiger partial charge >= 0.3 is 0 Å². The Hall–Kier alpha value is -4.63. The summed E-state index contributed by atoms with van der Waals surface area (Å²) in [6, 6.07) is 15.8. The second kappa shape index (κ2) is 9.84. The maximum absolute atomic E-state index is 14.6. The van der Waals surface area contributed by atoms with Crippen LogP contribution >= 0.6 is 11.6 Å². The molecule has 40 heavy (non-hydrogen) atoms. The second-order valence-electron chi connectivity index (χ2n) is 9.62. The number of aromatic nitrogens is 4. The molecule has 0 spiro atoms. The SMILES string of the molecule is Cc1cc(-n2cnc(C)n2)c2cccc(OCc3c(Cl)cc(F)cc3C(C)N3C(=O)c4ccccc4C3=O)c2n1. The number of imide groups is 1. The summed E-state index contributed by atoms with van der Waals surface area (Å²) >= 11 is 6.52. The molecule has 1 unspecified atom stereocenters. The normalized spacial score (nSPS) is 13.7. The number of halogens is 2. The molecule has 0 fully saturated rings. The van der Waals surface area contributed by atoms with E-state index >= 15 is 0 Å². The van der Waals surface area contributed by atoms with Crippen LogP contribution in [0.25, 0.3) is 16.6 Å². The fraction of sp³-hybridized carbons (Fsp3) is 0.167. The highest BCUT2D eigenvalue weighted by molar-refractivity contribution is 6.31. The Morgan fingerprint density at radius 2 is 1.73 bits per heavy atom. The zero-order valence-electron chi connectivity index (χ0n) is 21.9. The van der Waals surface area contributed by atoms with Crippen molar-refractivity contribution >= 4 is 34.3 Å². The van der Waals surface area contributed by atoms with Crippen LogP contribution in [0.1, 0.15) is 56.3 Å². The van der Waals surface area contributed by atoms with Crippen molar-refractivity contribution in [3.05, 3.63) is 112 Å². The Morgan fingerprint density at radius 3 is 2.40 bits per heavy atom. The van der Waals surface area contributed by atoms with Crippen LogP contribution in [0.4, 0.5) is 4.39 Å². The molecule has 0 aliphatic carbocycles. The van der Waals surface area contributed by atoms with E-state index in [0.717, 1.165) is 21.7 Å². The van der Waals surface area contributed by atoms with Crippen LogP contribution in [0.5, 0.6) is 5.75 Å². The fourth-order valence-electron chi connectivity index (χ4n) is 5.09. The number of nitrogens with zero attached hydrogens (tertiary/aromatic N) is 5. The average molecular weight is 556 g/mol. The number of pyridine rings is 1. The van der Waals surface area contributed by atoms with E-state index in [1.165, 1.54) is 12.1 Å². The van der Waals surface area contributed by atoms with Crippen molar-refractivity contribution in [2.24, 2.45) is 0 Å². The predicted molar refractivity (Wildman–Crippen MR) is 147 cm³/mol. The topological polar surface area (TPSA) is 90.2 Å². The third-order valence-corrected chi connectivity index (χ3v) is 7.33. The summed E-state index contributed by atoms with van der Waals surface area (Å²) in [5.41, 5.74) is 3.63. The van der Waals surface area contributed by atoms with E-state index in [-0.39, 0.29) is 11.6 Å². The van der Waals surface area contributed by atoms with Crippen molar-refractivity contribution in [1.29, 1.82) is 0 Å². The van der Waals surface area contributed by atoms with Crippen LogP contribution < -0.4 is 4.74 Å². The zero-order chi connectivity index (χ0) is 28.1. The first-order valence-electron chi connectivity index (χ1n) is 12.6. The Balaban J connectivity index is 1.37. The van der Waals surface area contributed by atoms with E-state index in [0.29, 0.717) is 39.3 Å². The van der Waals surface area contributed by atoms with Crippen molar-refractivity contribution in [1.82, 2.24) is 24.6 Å². The van der Waals surface area contributed by atoms with Gasteiger partial charge in [0.05, 0.1) is 27.9 Å². The van der Waals surface area contributed by atoms with Crippen molar-refractivity contribution < 1.29 is 18.7 Å². The number of aryl methyl sites for hydroxylation is 2. The first-order valence-corrected chi connectivity index (χ1v) is 13.0. The Morgan fingerprint density at radius 1 is 1.00 bits per heavy atom. The number of rotatable bonds is 6. The molecule has 1 aliphatic heterocycles. The molecule has 0 radical (unpaired) electrons. The van der Waals surface area contributed by atoms with E-state index in [1.807, 2.05) is 32.0 Å². The summed E-state index contributed by atoms with van der Waals surface area (Å²) in [5.74, 6) is -0.336.